The number of hydrogen-bond acceptors (Lipinski definition) is 3. The molecule has 1 amide bonds. The van der Waals surface area contributed by atoms with Crippen LogP contribution < -0.4 is 0 Å². The quantitative estimate of drug-likeness (QED) is 0.898. The highest BCUT2D eigenvalue weighted by Crippen LogP contribution is 2.45. The average molecular weight is 349 g/mol. The van der Waals surface area contributed by atoms with Crippen molar-refractivity contribution in [2.45, 2.75) is 37.3 Å². The summed E-state index contributed by atoms with van der Waals surface area (Å²) in [7, 11) is 0. The van der Waals surface area contributed by atoms with E-state index in [-0.39, 0.29) is 18.1 Å². The minimum Gasteiger partial charge on any atom is -0.448 e. The number of nitrogens with zero attached hydrogens (tertiary/aromatic N) is 1. The zero-order valence-corrected chi connectivity index (χ0v) is 14.7. The first-order valence-corrected chi connectivity index (χ1v) is 9.53. The minimum atomic E-state index is -0.400. The van der Waals surface area contributed by atoms with E-state index in [1.807, 2.05) is 12.1 Å². The lowest BCUT2D eigenvalue weighted by Gasteiger charge is -2.26. The Morgan fingerprint density at radius 3 is 2.35 bits per heavy atom. The highest BCUT2D eigenvalue weighted by Gasteiger charge is 2.46. The highest BCUT2D eigenvalue weighted by atomic mass is 16.6. The second-order valence-electron chi connectivity index (χ2n) is 7.68. The van der Waals surface area contributed by atoms with Gasteiger partial charge in [-0.05, 0) is 47.4 Å². The third-order valence-electron chi connectivity index (χ3n) is 6.38. The van der Waals surface area contributed by atoms with Crippen LogP contribution in [0.3, 0.4) is 0 Å². The third kappa shape index (κ3) is 2.36. The van der Waals surface area contributed by atoms with Gasteiger partial charge in [0.25, 0.3) is 0 Å². The van der Waals surface area contributed by atoms with E-state index in [4.69, 9.17) is 4.74 Å². The molecule has 1 N–H and O–H groups in total. The summed E-state index contributed by atoms with van der Waals surface area (Å²) in [4.78, 5) is 14.5. The largest absolute Gasteiger partial charge is 0.448 e. The molecule has 0 spiro atoms. The Kier molecular flexibility index (Phi) is 3.75. The number of aliphatic hydroxyl groups is 1. The maximum absolute atomic E-state index is 12.7. The SMILES string of the molecule is O=C(OCC1c2ccccc2-c2ccccc21)N1CC[C@@H]2CC[C@@H](O)[C@@H]21. The van der Waals surface area contributed by atoms with E-state index in [9.17, 15) is 9.90 Å². The zero-order chi connectivity index (χ0) is 17.7. The molecule has 1 saturated heterocycles. The van der Waals surface area contributed by atoms with E-state index in [0.717, 1.165) is 19.3 Å². The first kappa shape index (κ1) is 15.9. The predicted octanol–water partition coefficient (Wildman–Crippen LogP) is 3.78. The summed E-state index contributed by atoms with van der Waals surface area (Å²) in [6.45, 7) is 1.04. The fourth-order valence-electron chi connectivity index (χ4n) is 5.16. The molecule has 3 atom stereocenters. The Morgan fingerprint density at radius 1 is 1.00 bits per heavy atom. The van der Waals surface area contributed by atoms with Crippen LogP contribution in [-0.4, -0.2) is 41.4 Å². The number of aliphatic hydroxyl groups excluding tert-OH is 1. The summed E-state index contributed by atoms with van der Waals surface area (Å²) >= 11 is 0. The second kappa shape index (κ2) is 6.13. The molecule has 4 heteroatoms. The summed E-state index contributed by atoms with van der Waals surface area (Å²) < 4.78 is 5.76. The van der Waals surface area contributed by atoms with Crippen LogP contribution in [0.15, 0.2) is 48.5 Å². The minimum absolute atomic E-state index is 0.0503. The van der Waals surface area contributed by atoms with Gasteiger partial charge in [-0.3, -0.25) is 0 Å². The summed E-state index contributed by atoms with van der Waals surface area (Å²) in [6.07, 6.45) is 2.11. The second-order valence-corrected chi connectivity index (χ2v) is 7.68. The van der Waals surface area contributed by atoms with Crippen LogP contribution >= 0.6 is 0 Å². The first-order chi connectivity index (χ1) is 12.7. The smallest absolute Gasteiger partial charge is 0.410 e. The number of carbonyl (C=O) groups is 1. The van der Waals surface area contributed by atoms with Crippen molar-refractivity contribution in [2.24, 2.45) is 5.92 Å². The van der Waals surface area contributed by atoms with Gasteiger partial charge < -0.3 is 14.7 Å². The van der Waals surface area contributed by atoms with Crippen LogP contribution in [0.2, 0.25) is 0 Å². The van der Waals surface area contributed by atoms with Gasteiger partial charge in [0.15, 0.2) is 0 Å². The van der Waals surface area contributed by atoms with Crippen LogP contribution in [0.4, 0.5) is 4.79 Å². The van der Waals surface area contributed by atoms with Crippen molar-refractivity contribution < 1.29 is 14.6 Å². The molecular weight excluding hydrogens is 326 g/mol. The van der Waals surface area contributed by atoms with Crippen molar-refractivity contribution in [1.82, 2.24) is 4.90 Å². The van der Waals surface area contributed by atoms with Gasteiger partial charge in [0.05, 0.1) is 12.1 Å². The number of likely N-dealkylation sites (tertiary alicyclic amines) is 1. The third-order valence-corrected chi connectivity index (χ3v) is 6.38. The van der Waals surface area contributed by atoms with E-state index in [0.29, 0.717) is 19.1 Å². The van der Waals surface area contributed by atoms with Crippen molar-refractivity contribution in [1.29, 1.82) is 0 Å². The number of carbonyl (C=O) groups excluding carboxylic acids is 1. The van der Waals surface area contributed by atoms with Crippen molar-refractivity contribution >= 4 is 6.09 Å². The van der Waals surface area contributed by atoms with Gasteiger partial charge in [-0.25, -0.2) is 4.79 Å². The van der Waals surface area contributed by atoms with E-state index < -0.39 is 6.10 Å². The first-order valence-electron chi connectivity index (χ1n) is 9.53. The van der Waals surface area contributed by atoms with Gasteiger partial charge in [-0.1, -0.05) is 48.5 Å². The lowest BCUT2D eigenvalue weighted by molar-refractivity contribution is 0.0563. The Bertz CT molecular complexity index is 803. The Balaban J connectivity index is 1.35. The Labute approximate surface area is 153 Å². The molecule has 1 aliphatic heterocycles. The summed E-state index contributed by atoms with van der Waals surface area (Å²) in [6, 6.07) is 16.7. The van der Waals surface area contributed by atoms with E-state index in [2.05, 4.69) is 36.4 Å². The highest BCUT2D eigenvalue weighted by molar-refractivity contribution is 5.79. The number of ether oxygens (including phenoxy) is 1. The summed E-state index contributed by atoms with van der Waals surface area (Å²) in [5.74, 6) is 0.517. The van der Waals surface area contributed by atoms with Crippen LogP contribution in [0.5, 0.6) is 0 Å². The van der Waals surface area contributed by atoms with Crippen molar-refractivity contribution in [3.63, 3.8) is 0 Å². The van der Waals surface area contributed by atoms with E-state index in [1.54, 1.807) is 4.90 Å². The molecule has 2 aromatic carbocycles. The topological polar surface area (TPSA) is 49.8 Å². The standard InChI is InChI=1S/C22H23NO3/c24-20-10-9-14-11-12-23(21(14)20)22(25)26-13-19-17-7-3-1-5-15(17)16-6-2-4-8-18(16)19/h1-8,14,19-21,24H,9-13H2/t14-,20+,21+/m0/s1. The monoisotopic (exact) mass is 349 g/mol. The normalized spacial score (nSPS) is 26.5. The molecule has 0 aromatic heterocycles. The predicted molar refractivity (Wildman–Crippen MR) is 98.9 cm³/mol. The summed E-state index contributed by atoms with van der Waals surface area (Å²) in [5, 5.41) is 10.2. The molecule has 134 valence electrons. The average Bonchev–Trinajstić information content (AvgIpc) is 3.34. The van der Waals surface area contributed by atoms with E-state index >= 15 is 0 Å². The van der Waals surface area contributed by atoms with Gasteiger partial charge in [0, 0.05) is 12.5 Å². The van der Waals surface area contributed by atoms with Gasteiger partial charge in [-0.2, -0.15) is 0 Å². The lowest BCUT2D eigenvalue weighted by Crippen LogP contribution is -2.42. The van der Waals surface area contributed by atoms with Gasteiger partial charge in [-0.15, -0.1) is 0 Å². The van der Waals surface area contributed by atoms with Crippen LogP contribution in [-0.2, 0) is 4.74 Å². The molecular formula is C22H23NO3. The fraction of sp³-hybridized carbons (Fsp3) is 0.409. The molecule has 0 radical (unpaired) electrons. The number of rotatable bonds is 2. The molecule has 2 aliphatic carbocycles. The zero-order valence-electron chi connectivity index (χ0n) is 14.7. The summed E-state index contributed by atoms with van der Waals surface area (Å²) in [5.41, 5.74) is 4.91. The number of fused-ring (bicyclic) bond motifs is 4. The Hall–Kier alpha value is -2.33. The maximum atomic E-state index is 12.7. The van der Waals surface area contributed by atoms with Crippen molar-refractivity contribution in [2.75, 3.05) is 13.2 Å². The Morgan fingerprint density at radius 2 is 1.65 bits per heavy atom. The molecule has 1 saturated carbocycles. The molecule has 5 rings (SSSR count). The van der Waals surface area contributed by atoms with Gasteiger partial charge >= 0.3 is 6.09 Å². The fourth-order valence-corrected chi connectivity index (χ4v) is 5.16. The molecule has 1 heterocycles. The molecule has 0 unspecified atom stereocenters. The van der Waals surface area contributed by atoms with Crippen LogP contribution in [0.25, 0.3) is 11.1 Å². The molecule has 2 aromatic rings. The molecule has 3 aliphatic rings. The number of amides is 1. The maximum Gasteiger partial charge on any atom is 0.410 e. The molecule has 2 fully saturated rings. The van der Waals surface area contributed by atoms with Crippen LogP contribution in [0, 0.1) is 5.92 Å². The number of benzene rings is 2. The van der Waals surface area contributed by atoms with Gasteiger partial charge in [0.2, 0.25) is 0 Å². The van der Waals surface area contributed by atoms with E-state index in [1.165, 1.54) is 22.3 Å². The van der Waals surface area contributed by atoms with Gasteiger partial charge in [0.1, 0.15) is 6.61 Å². The van der Waals surface area contributed by atoms with Crippen molar-refractivity contribution in [3.05, 3.63) is 59.7 Å². The molecule has 4 nitrogen and oxygen atoms in total. The molecule has 0 bridgehead atoms. The van der Waals surface area contributed by atoms with Crippen LogP contribution in [0.1, 0.15) is 36.3 Å². The number of hydrogen-bond donors (Lipinski definition) is 1. The molecule has 26 heavy (non-hydrogen) atoms. The lowest BCUT2D eigenvalue weighted by atomic mass is 9.98. The van der Waals surface area contributed by atoms with Crippen molar-refractivity contribution in [3.8, 4) is 11.1 Å².